The van der Waals surface area contributed by atoms with Crippen LogP contribution in [0.15, 0.2) is 34.0 Å². The van der Waals surface area contributed by atoms with E-state index in [0.717, 1.165) is 4.40 Å². The minimum absolute atomic E-state index is 0.0327. The lowest BCUT2D eigenvalue weighted by molar-refractivity contribution is -0.385. The lowest BCUT2D eigenvalue weighted by atomic mass is 10.4. The predicted molar refractivity (Wildman–Crippen MR) is 74.7 cm³/mol. The van der Waals surface area contributed by atoms with Gasteiger partial charge in [0.25, 0.3) is 0 Å². The zero-order chi connectivity index (χ0) is 15.7. The molecule has 0 unspecified atom stereocenters. The number of nitro groups is 1. The number of rotatable bonds is 4. The van der Waals surface area contributed by atoms with Crippen LogP contribution in [-0.2, 0) is 6.54 Å². The van der Waals surface area contributed by atoms with Crippen molar-refractivity contribution in [3.8, 4) is 0 Å². The Hall–Kier alpha value is -3.50. The highest BCUT2D eigenvalue weighted by Gasteiger charge is 2.23. The van der Waals surface area contributed by atoms with Gasteiger partial charge < -0.3 is 5.32 Å². The van der Waals surface area contributed by atoms with Crippen LogP contribution < -0.4 is 16.6 Å². The fraction of sp³-hybridized carbons (Fsp3) is 0.0909. The number of nitrogens with zero attached hydrogens (tertiary/aromatic N) is 4. The van der Waals surface area contributed by atoms with Crippen molar-refractivity contribution >= 4 is 17.2 Å². The van der Waals surface area contributed by atoms with Gasteiger partial charge in [0.1, 0.15) is 11.5 Å². The van der Waals surface area contributed by atoms with E-state index in [1.54, 1.807) is 18.2 Å². The lowest BCUT2D eigenvalue weighted by Crippen LogP contribution is -2.21. The van der Waals surface area contributed by atoms with Crippen molar-refractivity contribution in [1.29, 1.82) is 0 Å². The standard InChI is InChI=1S/C11H9N7O4/c19-10-8(18(21)22)9(12-5-6-13-11(20)16-15-6)14-7-3-1-2-4-17(7)10/h1-4,12H,5H2,(H2,13,15,16,20). The molecule has 0 fully saturated rings. The zero-order valence-corrected chi connectivity index (χ0v) is 10.9. The third-order valence-corrected chi connectivity index (χ3v) is 2.87. The van der Waals surface area contributed by atoms with E-state index in [4.69, 9.17) is 0 Å². The number of nitrogens with one attached hydrogen (secondary N) is 3. The molecule has 3 aromatic heterocycles. The monoisotopic (exact) mass is 303 g/mol. The summed E-state index contributed by atoms with van der Waals surface area (Å²) >= 11 is 0. The van der Waals surface area contributed by atoms with Gasteiger partial charge in [0.2, 0.25) is 5.82 Å². The molecular formula is C11H9N7O4. The number of aromatic amines is 2. The van der Waals surface area contributed by atoms with Gasteiger partial charge in [0.05, 0.1) is 11.5 Å². The largest absolute Gasteiger partial charge is 0.376 e. The van der Waals surface area contributed by atoms with Crippen LogP contribution in [0.4, 0.5) is 11.5 Å². The molecular weight excluding hydrogens is 294 g/mol. The summed E-state index contributed by atoms with van der Waals surface area (Å²) in [5.41, 5.74) is -1.72. The van der Waals surface area contributed by atoms with Crippen molar-refractivity contribution in [1.82, 2.24) is 24.6 Å². The summed E-state index contributed by atoms with van der Waals surface area (Å²) in [4.78, 5) is 39.9. The third-order valence-electron chi connectivity index (χ3n) is 2.87. The molecule has 0 aliphatic carbocycles. The van der Waals surface area contributed by atoms with Crippen LogP contribution in [0.1, 0.15) is 5.82 Å². The number of H-pyrrole nitrogens is 2. The maximum Gasteiger partial charge on any atom is 0.376 e. The molecule has 3 aromatic rings. The highest BCUT2D eigenvalue weighted by Crippen LogP contribution is 2.18. The first-order chi connectivity index (χ1) is 10.6. The molecule has 0 amide bonds. The summed E-state index contributed by atoms with van der Waals surface area (Å²) in [5.74, 6) is 0.0411. The molecule has 0 atom stereocenters. The van der Waals surface area contributed by atoms with E-state index in [-0.39, 0.29) is 23.8 Å². The van der Waals surface area contributed by atoms with Crippen molar-refractivity contribution in [2.24, 2.45) is 0 Å². The van der Waals surface area contributed by atoms with Crippen molar-refractivity contribution in [3.63, 3.8) is 0 Å². The first-order valence-electron chi connectivity index (χ1n) is 6.09. The highest BCUT2D eigenvalue weighted by atomic mass is 16.6. The molecule has 0 spiro atoms. The summed E-state index contributed by atoms with van der Waals surface area (Å²) < 4.78 is 1.08. The van der Waals surface area contributed by atoms with Gasteiger partial charge in [-0.25, -0.2) is 14.9 Å². The first-order valence-corrected chi connectivity index (χ1v) is 6.09. The second-order valence-electron chi connectivity index (χ2n) is 4.28. The van der Waals surface area contributed by atoms with E-state index in [1.807, 2.05) is 0 Å². The normalized spacial score (nSPS) is 10.7. The van der Waals surface area contributed by atoms with Gasteiger partial charge in [-0.05, 0) is 12.1 Å². The van der Waals surface area contributed by atoms with Crippen LogP contribution >= 0.6 is 0 Å². The molecule has 22 heavy (non-hydrogen) atoms. The fourth-order valence-electron chi connectivity index (χ4n) is 1.92. The highest BCUT2D eigenvalue weighted by molar-refractivity contribution is 5.59. The Bertz CT molecular complexity index is 970. The lowest BCUT2D eigenvalue weighted by Gasteiger charge is -2.06. The van der Waals surface area contributed by atoms with Gasteiger partial charge in [-0.15, -0.1) is 0 Å². The van der Waals surface area contributed by atoms with Gasteiger partial charge in [0, 0.05) is 6.20 Å². The number of pyridine rings is 1. The second-order valence-corrected chi connectivity index (χ2v) is 4.28. The van der Waals surface area contributed by atoms with Gasteiger partial charge in [0.15, 0.2) is 0 Å². The Balaban J connectivity index is 2.07. The smallest absolute Gasteiger partial charge is 0.357 e. The zero-order valence-electron chi connectivity index (χ0n) is 10.9. The van der Waals surface area contributed by atoms with Crippen molar-refractivity contribution in [2.75, 3.05) is 5.32 Å². The van der Waals surface area contributed by atoms with E-state index >= 15 is 0 Å². The molecule has 0 aliphatic rings. The van der Waals surface area contributed by atoms with Crippen LogP contribution in [0, 0.1) is 10.1 Å². The van der Waals surface area contributed by atoms with Gasteiger partial charge >= 0.3 is 16.9 Å². The van der Waals surface area contributed by atoms with E-state index in [1.165, 1.54) is 6.20 Å². The summed E-state index contributed by atoms with van der Waals surface area (Å²) in [6, 6.07) is 4.77. The quantitative estimate of drug-likeness (QED) is 0.439. The van der Waals surface area contributed by atoms with Crippen LogP contribution in [-0.4, -0.2) is 29.5 Å². The van der Waals surface area contributed by atoms with Crippen molar-refractivity contribution in [2.45, 2.75) is 6.54 Å². The number of hydrogen-bond acceptors (Lipinski definition) is 7. The van der Waals surface area contributed by atoms with E-state index in [2.05, 4.69) is 25.5 Å². The first kappa shape index (κ1) is 13.5. The van der Waals surface area contributed by atoms with Crippen molar-refractivity contribution < 1.29 is 4.92 Å². The average molecular weight is 303 g/mol. The van der Waals surface area contributed by atoms with E-state index in [9.17, 15) is 19.7 Å². The van der Waals surface area contributed by atoms with E-state index < -0.39 is 21.9 Å². The van der Waals surface area contributed by atoms with Crippen LogP contribution in [0.2, 0.25) is 0 Å². The average Bonchev–Trinajstić information content (AvgIpc) is 2.90. The Morgan fingerprint density at radius 3 is 2.86 bits per heavy atom. The Kier molecular flexibility index (Phi) is 3.14. The minimum atomic E-state index is -0.801. The summed E-state index contributed by atoms with van der Waals surface area (Å²) in [7, 11) is 0. The minimum Gasteiger partial charge on any atom is -0.357 e. The number of fused-ring (bicyclic) bond motifs is 1. The topological polar surface area (TPSA) is 151 Å². The molecule has 0 aliphatic heterocycles. The van der Waals surface area contributed by atoms with Crippen LogP contribution in [0.5, 0.6) is 0 Å². The summed E-state index contributed by atoms with van der Waals surface area (Å²) in [6.45, 7) is -0.0327. The van der Waals surface area contributed by atoms with Gasteiger partial charge in [-0.1, -0.05) is 6.07 Å². The molecule has 11 heteroatoms. The molecule has 3 rings (SSSR count). The van der Waals surface area contributed by atoms with Crippen molar-refractivity contribution in [3.05, 3.63) is 61.2 Å². The molecule has 11 nitrogen and oxygen atoms in total. The van der Waals surface area contributed by atoms with Gasteiger partial charge in [-0.2, -0.15) is 5.10 Å². The maximum atomic E-state index is 12.2. The maximum absolute atomic E-state index is 12.2. The molecule has 0 saturated carbocycles. The molecule has 0 bridgehead atoms. The fourth-order valence-corrected chi connectivity index (χ4v) is 1.92. The number of hydrogen-bond donors (Lipinski definition) is 3. The molecule has 0 saturated heterocycles. The molecule has 0 radical (unpaired) electrons. The molecule has 3 heterocycles. The Morgan fingerprint density at radius 2 is 2.18 bits per heavy atom. The van der Waals surface area contributed by atoms with Gasteiger partial charge in [-0.3, -0.25) is 24.3 Å². The third kappa shape index (κ3) is 2.30. The van der Waals surface area contributed by atoms with Crippen LogP contribution in [0.3, 0.4) is 0 Å². The predicted octanol–water partition coefficient (Wildman–Crippen LogP) is -0.374. The summed E-state index contributed by atoms with van der Waals surface area (Å²) in [6.07, 6.45) is 1.40. The molecule has 3 N–H and O–H groups in total. The second kappa shape index (κ2) is 5.12. The summed E-state index contributed by atoms with van der Waals surface area (Å²) in [5, 5.41) is 19.6. The molecule has 0 aromatic carbocycles. The number of aromatic nitrogens is 5. The van der Waals surface area contributed by atoms with E-state index in [0.29, 0.717) is 0 Å². The van der Waals surface area contributed by atoms with Crippen LogP contribution in [0.25, 0.3) is 5.65 Å². The number of anilines is 1. The Labute approximate surface area is 120 Å². The Morgan fingerprint density at radius 1 is 1.36 bits per heavy atom. The molecule has 112 valence electrons. The SMILES string of the molecule is O=c1[nH]nc(CNc2nc3ccccn3c(=O)c2[N+](=O)[O-])[nH]1.